The van der Waals surface area contributed by atoms with E-state index in [-0.39, 0.29) is 10.9 Å². The van der Waals surface area contributed by atoms with E-state index in [1.807, 2.05) is 31.6 Å². The van der Waals surface area contributed by atoms with E-state index in [2.05, 4.69) is 78.7 Å². The van der Waals surface area contributed by atoms with Gasteiger partial charge in [-0.05, 0) is 84.8 Å². The van der Waals surface area contributed by atoms with Gasteiger partial charge in [0.05, 0.1) is 23.2 Å². The summed E-state index contributed by atoms with van der Waals surface area (Å²) >= 11 is 1.63. The van der Waals surface area contributed by atoms with Crippen LogP contribution in [-0.2, 0) is 30.9 Å². The number of nitrogen functional groups attached to an aromatic ring is 1. The number of anilines is 2. The summed E-state index contributed by atoms with van der Waals surface area (Å²) in [5.41, 5.74) is 14.1. The van der Waals surface area contributed by atoms with Crippen LogP contribution < -0.4 is 11.1 Å². The summed E-state index contributed by atoms with van der Waals surface area (Å²) in [7, 11) is -0.204. The van der Waals surface area contributed by atoms with E-state index in [1.54, 1.807) is 16.0 Å². The summed E-state index contributed by atoms with van der Waals surface area (Å²) in [5, 5.41) is 16.0. The van der Waals surface area contributed by atoms with E-state index in [9.17, 15) is 4.79 Å². The van der Waals surface area contributed by atoms with Crippen molar-refractivity contribution in [3.63, 3.8) is 0 Å². The number of carbonyl (C=O) groups is 1. The van der Waals surface area contributed by atoms with Crippen LogP contribution in [0.3, 0.4) is 0 Å². The fraction of sp³-hybridized carbons (Fsp3) is 0.364. The van der Waals surface area contributed by atoms with Crippen molar-refractivity contribution in [1.82, 2.24) is 20.0 Å². The summed E-state index contributed by atoms with van der Waals surface area (Å²) in [4.78, 5) is 15.8. The van der Waals surface area contributed by atoms with E-state index >= 15 is 0 Å². The van der Waals surface area contributed by atoms with Gasteiger partial charge in [0.2, 0.25) is 0 Å². The molecule has 0 saturated carbocycles. The summed E-state index contributed by atoms with van der Waals surface area (Å²) in [6.07, 6.45) is 8.32. The fourth-order valence-corrected chi connectivity index (χ4v) is 7.56. The quantitative estimate of drug-likeness (QED) is 0.162. The molecule has 1 amide bonds. The van der Waals surface area contributed by atoms with Crippen molar-refractivity contribution in [2.24, 2.45) is 7.05 Å². The molecule has 10 heteroatoms. The zero-order chi connectivity index (χ0) is 30.5. The summed E-state index contributed by atoms with van der Waals surface area (Å²) in [6, 6.07) is 12.4. The highest BCUT2D eigenvalue weighted by atomic mass is 32.1. The second-order valence-electron chi connectivity index (χ2n) is 13.1. The number of hydrogen-bond acceptors (Lipinski definition) is 6. The lowest BCUT2D eigenvalue weighted by atomic mass is 9.94. The lowest BCUT2D eigenvalue weighted by Gasteiger charge is -2.36. The first-order valence-corrected chi connectivity index (χ1v) is 18.6. The van der Waals surface area contributed by atoms with E-state index < -0.39 is 8.32 Å². The molecule has 3 heterocycles. The maximum atomic E-state index is 13.6. The van der Waals surface area contributed by atoms with Crippen LogP contribution in [0, 0.1) is 0 Å². The number of hydrogen-bond donors (Lipinski definition) is 3. The Bertz CT molecular complexity index is 1800. The SMILES string of the molecule is Cn1cc(-c2cc(-c3cccc(NC(=O)c4cc5c(s4)CCCC5)c3CO[Si](C)(C)C(C)(C)C)cc3c(N)n[nH]c23)cn1. The molecule has 5 aromatic rings. The molecule has 0 aliphatic heterocycles. The summed E-state index contributed by atoms with van der Waals surface area (Å²) in [5.74, 6) is 0.364. The standard InChI is InChI=1S/C33H40N6O2SSi/c1-33(2,3)43(5,6)41-19-26-23(11-9-12-27(26)36-32(40)29-16-20-10-7-8-13-28(20)42-29)21-14-24(22-17-35-39(4)18-22)30-25(15-21)31(34)38-37-30/h9,11-12,14-18H,7-8,10,13,19H2,1-6H3,(H,36,40)(H3,34,37,38). The average Bonchev–Trinajstić information content (AvgIpc) is 3.69. The van der Waals surface area contributed by atoms with Crippen molar-refractivity contribution < 1.29 is 9.22 Å². The number of aromatic nitrogens is 4. The van der Waals surface area contributed by atoms with E-state index in [4.69, 9.17) is 10.2 Å². The number of amides is 1. The summed E-state index contributed by atoms with van der Waals surface area (Å²) < 4.78 is 8.57. The molecule has 0 fully saturated rings. The van der Waals surface area contributed by atoms with Gasteiger partial charge < -0.3 is 15.5 Å². The number of rotatable bonds is 7. The zero-order valence-corrected chi connectivity index (χ0v) is 27.6. The third-order valence-corrected chi connectivity index (χ3v) is 14.8. The highest BCUT2D eigenvalue weighted by Gasteiger charge is 2.37. The van der Waals surface area contributed by atoms with Gasteiger partial charge in [-0.3, -0.25) is 14.6 Å². The molecule has 0 spiro atoms. The van der Waals surface area contributed by atoms with E-state index in [0.717, 1.165) is 62.1 Å². The lowest BCUT2D eigenvalue weighted by molar-refractivity contribution is 0.103. The predicted molar refractivity (Wildman–Crippen MR) is 179 cm³/mol. The third kappa shape index (κ3) is 5.66. The highest BCUT2D eigenvalue weighted by molar-refractivity contribution is 7.14. The monoisotopic (exact) mass is 612 g/mol. The number of aryl methyl sites for hydroxylation is 3. The Morgan fingerprint density at radius 3 is 2.65 bits per heavy atom. The van der Waals surface area contributed by atoms with Crippen LogP contribution in [0.15, 0.2) is 48.8 Å². The smallest absolute Gasteiger partial charge is 0.265 e. The Labute approximate surface area is 257 Å². The minimum absolute atomic E-state index is 0.0407. The summed E-state index contributed by atoms with van der Waals surface area (Å²) in [6.45, 7) is 11.6. The number of nitrogens with zero attached hydrogens (tertiary/aromatic N) is 3. The van der Waals surface area contributed by atoms with Crippen molar-refractivity contribution >= 4 is 48.0 Å². The number of thiophene rings is 1. The number of fused-ring (bicyclic) bond motifs is 2. The number of nitrogens with two attached hydrogens (primary N) is 1. The van der Waals surface area contributed by atoms with Crippen LogP contribution in [0.4, 0.5) is 11.5 Å². The number of benzene rings is 2. The first kappa shape index (κ1) is 29.3. The van der Waals surface area contributed by atoms with Crippen molar-refractivity contribution in [3.8, 4) is 22.3 Å². The molecule has 43 heavy (non-hydrogen) atoms. The van der Waals surface area contributed by atoms with Crippen LogP contribution in [-0.4, -0.2) is 34.2 Å². The fourth-order valence-electron chi connectivity index (χ4n) is 5.47. The Balaban J connectivity index is 1.46. The minimum atomic E-state index is -2.10. The maximum absolute atomic E-state index is 13.6. The molecule has 1 aliphatic rings. The molecule has 224 valence electrons. The molecule has 0 bridgehead atoms. The molecule has 0 radical (unpaired) electrons. The molecule has 3 aromatic heterocycles. The van der Waals surface area contributed by atoms with Crippen LogP contribution in [0.25, 0.3) is 33.2 Å². The molecule has 2 aromatic carbocycles. The van der Waals surface area contributed by atoms with Crippen molar-refractivity contribution in [3.05, 3.63) is 69.7 Å². The van der Waals surface area contributed by atoms with Crippen LogP contribution in [0.5, 0.6) is 0 Å². The van der Waals surface area contributed by atoms with Crippen LogP contribution in [0.1, 0.15) is 59.3 Å². The Morgan fingerprint density at radius 1 is 1.14 bits per heavy atom. The normalized spacial score (nSPS) is 13.8. The van der Waals surface area contributed by atoms with Gasteiger partial charge in [-0.1, -0.05) is 32.9 Å². The maximum Gasteiger partial charge on any atom is 0.265 e. The van der Waals surface area contributed by atoms with Gasteiger partial charge in [-0.15, -0.1) is 11.3 Å². The molecular formula is C33H40N6O2SSi. The Hall–Kier alpha value is -3.73. The lowest BCUT2D eigenvalue weighted by Crippen LogP contribution is -2.40. The number of nitrogens with one attached hydrogen (secondary N) is 2. The predicted octanol–water partition coefficient (Wildman–Crippen LogP) is 7.93. The highest BCUT2D eigenvalue weighted by Crippen LogP contribution is 2.41. The van der Waals surface area contributed by atoms with Gasteiger partial charge in [-0.25, -0.2) is 0 Å². The van der Waals surface area contributed by atoms with E-state index in [1.165, 1.54) is 23.3 Å². The van der Waals surface area contributed by atoms with Crippen LogP contribution in [0.2, 0.25) is 18.1 Å². The first-order valence-electron chi connectivity index (χ1n) is 14.9. The third-order valence-electron chi connectivity index (χ3n) is 9.06. The molecule has 6 rings (SSSR count). The number of H-pyrrole nitrogens is 1. The average molecular weight is 613 g/mol. The van der Waals surface area contributed by atoms with Gasteiger partial charge >= 0.3 is 0 Å². The zero-order valence-electron chi connectivity index (χ0n) is 25.8. The molecule has 0 unspecified atom stereocenters. The first-order chi connectivity index (χ1) is 20.4. The Morgan fingerprint density at radius 2 is 1.93 bits per heavy atom. The molecule has 0 saturated heterocycles. The van der Waals surface area contributed by atoms with Crippen molar-refractivity contribution in [2.75, 3.05) is 11.1 Å². The Kier molecular flexibility index (Phi) is 7.56. The van der Waals surface area contributed by atoms with Crippen molar-refractivity contribution in [1.29, 1.82) is 0 Å². The molecule has 0 atom stereocenters. The number of aromatic amines is 1. The topological polar surface area (TPSA) is 111 Å². The molecule has 8 nitrogen and oxygen atoms in total. The second-order valence-corrected chi connectivity index (χ2v) is 19.0. The second kappa shape index (κ2) is 11.1. The van der Waals surface area contributed by atoms with Crippen LogP contribution >= 0.6 is 11.3 Å². The van der Waals surface area contributed by atoms with Gasteiger partial charge in [0, 0.05) is 45.9 Å². The number of carbonyl (C=O) groups excluding carboxylic acids is 1. The van der Waals surface area contributed by atoms with Gasteiger partial charge in [0.1, 0.15) is 0 Å². The molecule has 4 N–H and O–H groups in total. The molecular weight excluding hydrogens is 573 g/mol. The van der Waals surface area contributed by atoms with Crippen molar-refractivity contribution in [2.45, 2.75) is 71.2 Å². The van der Waals surface area contributed by atoms with Gasteiger partial charge in [0.15, 0.2) is 14.1 Å². The largest absolute Gasteiger partial charge is 0.412 e. The molecule has 1 aliphatic carbocycles. The van der Waals surface area contributed by atoms with Gasteiger partial charge in [0.25, 0.3) is 5.91 Å². The minimum Gasteiger partial charge on any atom is -0.412 e. The van der Waals surface area contributed by atoms with Gasteiger partial charge in [-0.2, -0.15) is 10.2 Å². The van der Waals surface area contributed by atoms with E-state index in [0.29, 0.717) is 12.4 Å².